The summed E-state index contributed by atoms with van der Waals surface area (Å²) in [5, 5.41) is 3.52. The third-order valence-electron chi connectivity index (χ3n) is 2.95. The van der Waals surface area contributed by atoms with Gasteiger partial charge in [-0.1, -0.05) is 39.8 Å². The first-order valence-corrected chi connectivity index (χ1v) is 7.01. The molecule has 0 fully saturated rings. The molecule has 19 heavy (non-hydrogen) atoms. The van der Waals surface area contributed by atoms with Crippen LogP contribution in [0.5, 0.6) is 5.75 Å². The molecule has 1 atom stereocenters. The summed E-state index contributed by atoms with van der Waals surface area (Å²) in [5.41, 5.74) is 1.04. The van der Waals surface area contributed by atoms with Gasteiger partial charge in [-0.2, -0.15) is 0 Å². The molecule has 0 amide bonds. The lowest BCUT2D eigenvalue weighted by Gasteiger charge is -2.24. The van der Waals surface area contributed by atoms with Gasteiger partial charge < -0.3 is 14.8 Å². The van der Waals surface area contributed by atoms with E-state index in [1.807, 2.05) is 18.2 Å². The topological polar surface area (TPSA) is 30.5 Å². The molecule has 1 rings (SSSR count). The normalized spacial score (nSPS) is 12.8. The molecule has 108 valence electrons. The van der Waals surface area contributed by atoms with Crippen molar-refractivity contribution in [1.82, 2.24) is 0 Å². The summed E-state index contributed by atoms with van der Waals surface area (Å²) in [5.74, 6) is 1.93. The summed E-state index contributed by atoms with van der Waals surface area (Å²) in [6, 6.07) is 8.38. The monoisotopic (exact) mass is 265 g/mol. The SMILES string of the molecule is COCC(Nc1ccccc1OCC(C)C)C(C)C. The number of ether oxygens (including phenoxy) is 2. The quantitative estimate of drug-likeness (QED) is 0.775. The number of benzene rings is 1. The van der Waals surface area contributed by atoms with Crippen LogP contribution in [-0.2, 0) is 4.74 Å². The predicted octanol–water partition coefficient (Wildman–Crippen LogP) is 3.80. The van der Waals surface area contributed by atoms with E-state index in [-0.39, 0.29) is 6.04 Å². The third kappa shape index (κ3) is 5.52. The third-order valence-corrected chi connectivity index (χ3v) is 2.95. The largest absolute Gasteiger partial charge is 0.491 e. The van der Waals surface area contributed by atoms with Crippen LogP contribution in [0.2, 0.25) is 0 Å². The molecule has 0 aliphatic heterocycles. The molecule has 0 aromatic heterocycles. The van der Waals surface area contributed by atoms with Crippen LogP contribution in [0.15, 0.2) is 24.3 Å². The number of para-hydroxylation sites is 2. The second-order valence-corrected chi connectivity index (χ2v) is 5.65. The summed E-state index contributed by atoms with van der Waals surface area (Å²) in [6.07, 6.45) is 0. The zero-order valence-electron chi connectivity index (χ0n) is 12.8. The van der Waals surface area contributed by atoms with E-state index in [4.69, 9.17) is 9.47 Å². The molecular weight excluding hydrogens is 238 g/mol. The maximum Gasteiger partial charge on any atom is 0.142 e. The van der Waals surface area contributed by atoms with Gasteiger partial charge in [0.2, 0.25) is 0 Å². The first kappa shape index (κ1) is 15.8. The minimum Gasteiger partial charge on any atom is -0.491 e. The van der Waals surface area contributed by atoms with Gasteiger partial charge in [0.15, 0.2) is 0 Å². The zero-order valence-corrected chi connectivity index (χ0v) is 12.8. The lowest BCUT2D eigenvalue weighted by molar-refractivity contribution is 0.171. The second kappa shape index (κ2) is 8.05. The maximum atomic E-state index is 5.85. The van der Waals surface area contributed by atoms with Crippen molar-refractivity contribution in [2.75, 3.05) is 25.6 Å². The number of methoxy groups -OCH3 is 1. The van der Waals surface area contributed by atoms with Gasteiger partial charge in [0.25, 0.3) is 0 Å². The lowest BCUT2D eigenvalue weighted by Crippen LogP contribution is -2.30. The van der Waals surface area contributed by atoms with Crippen LogP contribution in [0.25, 0.3) is 0 Å². The summed E-state index contributed by atoms with van der Waals surface area (Å²) >= 11 is 0. The summed E-state index contributed by atoms with van der Waals surface area (Å²) in [6.45, 7) is 10.1. The molecule has 0 bridgehead atoms. The average molecular weight is 265 g/mol. The molecule has 0 spiro atoms. The Bertz CT molecular complexity index is 364. The van der Waals surface area contributed by atoms with Crippen LogP contribution in [0, 0.1) is 11.8 Å². The molecule has 0 heterocycles. The number of nitrogens with one attached hydrogen (secondary N) is 1. The Kier molecular flexibility index (Phi) is 6.71. The van der Waals surface area contributed by atoms with Crippen molar-refractivity contribution < 1.29 is 9.47 Å². The van der Waals surface area contributed by atoms with Crippen LogP contribution in [0.1, 0.15) is 27.7 Å². The Morgan fingerprint density at radius 2 is 1.74 bits per heavy atom. The standard InChI is InChI=1S/C16H27NO2/c1-12(2)10-19-16-9-7-6-8-14(16)17-15(11-18-5)13(3)4/h6-9,12-13,15,17H,10-11H2,1-5H3. The van der Waals surface area contributed by atoms with Crippen molar-refractivity contribution in [2.24, 2.45) is 11.8 Å². The van der Waals surface area contributed by atoms with Gasteiger partial charge in [-0.15, -0.1) is 0 Å². The number of hydrogen-bond acceptors (Lipinski definition) is 3. The molecule has 1 aromatic rings. The fourth-order valence-electron chi connectivity index (χ4n) is 1.75. The van der Waals surface area contributed by atoms with E-state index in [1.165, 1.54) is 0 Å². The molecule has 3 heteroatoms. The Hall–Kier alpha value is -1.22. The van der Waals surface area contributed by atoms with Gasteiger partial charge in [-0.25, -0.2) is 0 Å². The van der Waals surface area contributed by atoms with E-state index in [2.05, 4.69) is 39.1 Å². The van der Waals surface area contributed by atoms with E-state index in [1.54, 1.807) is 7.11 Å². The molecule has 1 unspecified atom stereocenters. The van der Waals surface area contributed by atoms with Crippen LogP contribution in [0.3, 0.4) is 0 Å². The van der Waals surface area contributed by atoms with E-state index >= 15 is 0 Å². The van der Waals surface area contributed by atoms with Crippen molar-refractivity contribution in [3.8, 4) is 5.75 Å². The molecule has 0 radical (unpaired) electrons. The van der Waals surface area contributed by atoms with Crippen LogP contribution in [-0.4, -0.2) is 26.4 Å². The van der Waals surface area contributed by atoms with Crippen molar-refractivity contribution in [3.05, 3.63) is 24.3 Å². The van der Waals surface area contributed by atoms with E-state index in [9.17, 15) is 0 Å². The highest BCUT2D eigenvalue weighted by atomic mass is 16.5. The van der Waals surface area contributed by atoms with Gasteiger partial charge in [0, 0.05) is 7.11 Å². The molecule has 1 aromatic carbocycles. The molecule has 1 N–H and O–H groups in total. The summed E-state index contributed by atoms with van der Waals surface area (Å²) in [7, 11) is 1.73. The van der Waals surface area contributed by atoms with Crippen LogP contribution >= 0.6 is 0 Å². The molecule has 0 saturated heterocycles. The van der Waals surface area contributed by atoms with Gasteiger partial charge in [-0.3, -0.25) is 0 Å². The van der Waals surface area contributed by atoms with E-state index < -0.39 is 0 Å². The maximum absolute atomic E-state index is 5.85. The number of anilines is 1. The summed E-state index contributed by atoms with van der Waals surface area (Å²) in [4.78, 5) is 0. The van der Waals surface area contributed by atoms with Gasteiger partial charge in [-0.05, 0) is 24.0 Å². The highest BCUT2D eigenvalue weighted by Gasteiger charge is 2.15. The fourth-order valence-corrected chi connectivity index (χ4v) is 1.75. The van der Waals surface area contributed by atoms with E-state index in [0.717, 1.165) is 18.0 Å². The van der Waals surface area contributed by atoms with Crippen LogP contribution < -0.4 is 10.1 Å². The molecule has 0 aliphatic carbocycles. The smallest absolute Gasteiger partial charge is 0.142 e. The lowest BCUT2D eigenvalue weighted by atomic mass is 10.0. The van der Waals surface area contributed by atoms with Gasteiger partial charge in [0.05, 0.1) is 24.9 Å². The van der Waals surface area contributed by atoms with Crippen molar-refractivity contribution in [3.63, 3.8) is 0 Å². The van der Waals surface area contributed by atoms with Crippen molar-refractivity contribution in [2.45, 2.75) is 33.7 Å². The van der Waals surface area contributed by atoms with Crippen molar-refractivity contribution in [1.29, 1.82) is 0 Å². The Labute approximate surface area is 117 Å². The van der Waals surface area contributed by atoms with Crippen LogP contribution in [0.4, 0.5) is 5.69 Å². The molecule has 3 nitrogen and oxygen atoms in total. The number of hydrogen-bond donors (Lipinski definition) is 1. The van der Waals surface area contributed by atoms with Crippen molar-refractivity contribution >= 4 is 5.69 Å². The Morgan fingerprint density at radius 3 is 2.32 bits per heavy atom. The van der Waals surface area contributed by atoms with Gasteiger partial charge in [0.1, 0.15) is 5.75 Å². The Morgan fingerprint density at radius 1 is 1.05 bits per heavy atom. The highest BCUT2D eigenvalue weighted by molar-refractivity contribution is 5.56. The molecule has 0 saturated carbocycles. The zero-order chi connectivity index (χ0) is 14.3. The minimum atomic E-state index is 0.286. The van der Waals surface area contributed by atoms with Gasteiger partial charge >= 0.3 is 0 Å². The number of rotatable bonds is 8. The van der Waals surface area contributed by atoms with E-state index in [0.29, 0.717) is 18.4 Å². The predicted molar refractivity (Wildman–Crippen MR) is 80.9 cm³/mol. The highest BCUT2D eigenvalue weighted by Crippen LogP contribution is 2.26. The summed E-state index contributed by atoms with van der Waals surface area (Å²) < 4.78 is 11.1. The first-order chi connectivity index (χ1) is 9.04. The molecular formula is C16H27NO2. The average Bonchev–Trinajstić information content (AvgIpc) is 2.37. The first-order valence-electron chi connectivity index (χ1n) is 7.01. The fraction of sp³-hybridized carbons (Fsp3) is 0.625. The minimum absolute atomic E-state index is 0.286. The second-order valence-electron chi connectivity index (χ2n) is 5.65. The molecule has 0 aliphatic rings. The Balaban J connectivity index is 2.75.